The maximum atomic E-state index is 12.7. The fraction of sp³-hybridized carbons (Fsp3) is 0.444. The van der Waals surface area contributed by atoms with Crippen molar-refractivity contribution in [1.29, 1.82) is 0 Å². The molecule has 0 aliphatic carbocycles. The van der Waals surface area contributed by atoms with Crippen molar-refractivity contribution in [1.82, 2.24) is 15.3 Å². The van der Waals surface area contributed by atoms with Crippen LogP contribution in [0.15, 0.2) is 12.5 Å². The topological polar surface area (TPSA) is 95.1 Å². The molecule has 0 fully saturated rings. The lowest BCUT2D eigenvalue weighted by molar-refractivity contribution is -0.270. The number of alkyl halides is 5. The average Bonchev–Trinajstić information content (AvgIpc) is 2.78. The molecule has 0 spiro atoms. The first kappa shape index (κ1) is 15.9. The van der Waals surface area contributed by atoms with E-state index in [1.54, 1.807) is 0 Å². The molecule has 0 aliphatic rings. The van der Waals surface area contributed by atoms with Crippen molar-refractivity contribution in [2.75, 3.05) is 0 Å². The van der Waals surface area contributed by atoms with E-state index < -0.39 is 36.4 Å². The van der Waals surface area contributed by atoms with Gasteiger partial charge in [0.15, 0.2) is 0 Å². The first-order valence-electron chi connectivity index (χ1n) is 5.01. The third-order valence-electron chi connectivity index (χ3n) is 2.22. The third kappa shape index (κ3) is 3.42. The summed E-state index contributed by atoms with van der Waals surface area (Å²) in [6.07, 6.45) is -4.33. The second-order valence-corrected chi connectivity index (χ2v) is 3.72. The van der Waals surface area contributed by atoms with Crippen molar-refractivity contribution < 1.29 is 36.6 Å². The fourth-order valence-electron chi connectivity index (χ4n) is 1.19. The number of aliphatic carboxylic acids is 1. The Kier molecular flexibility index (Phi) is 4.30. The quantitative estimate of drug-likeness (QED) is 0.698. The summed E-state index contributed by atoms with van der Waals surface area (Å²) >= 11 is 0. The van der Waals surface area contributed by atoms with E-state index >= 15 is 0 Å². The lowest BCUT2D eigenvalue weighted by Gasteiger charge is -2.21. The standard InChI is InChI=1S/C9H8F5N3O3/c10-8(11,9(12,13)14)7(20)17-5(6(18)19)1-4-2-15-3-16-4/h2-3,5H,1H2,(H,15,16)(H,17,20)(H,18,19). The van der Waals surface area contributed by atoms with Gasteiger partial charge in [-0.3, -0.25) is 4.79 Å². The minimum Gasteiger partial charge on any atom is -0.480 e. The van der Waals surface area contributed by atoms with Crippen LogP contribution in [0.2, 0.25) is 0 Å². The first-order valence-corrected chi connectivity index (χ1v) is 5.01. The van der Waals surface area contributed by atoms with E-state index in [0.29, 0.717) is 0 Å². The van der Waals surface area contributed by atoms with Crippen LogP contribution < -0.4 is 5.32 Å². The number of carboxylic acids is 1. The molecule has 0 bridgehead atoms. The zero-order chi connectivity index (χ0) is 15.6. The number of H-pyrrole nitrogens is 1. The molecule has 0 saturated heterocycles. The second kappa shape index (κ2) is 5.43. The summed E-state index contributed by atoms with van der Waals surface area (Å²) in [4.78, 5) is 27.6. The van der Waals surface area contributed by atoms with Crippen molar-refractivity contribution in [3.63, 3.8) is 0 Å². The van der Waals surface area contributed by atoms with Crippen molar-refractivity contribution in [2.24, 2.45) is 0 Å². The van der Waals surface area contributed by atoms with E-state index in [1.165, 1.54) is 0 Å². The molecular weight excluding hydrogens is 293 g/mol. The Bertz CT molecular complexity index is 486. The van der Waals surface area contributed by atoms with Crippen LogP contribution >= 0.6 is 0 Å². The Morgan fingerprint density at radius 1 is 1.35 bits per heavy atom. The highest BCUT2D eigenvalue weighted by Gasteiger charge is 2.63. The van der Waals surface area contributed by atoms with Gasteiger partial charge < -0.3 is 15.4 Å². The van der Waals surface area contributed by atoms with Gasteiger partial charge in [0, 0.05) is 18.3 Å². The lowest BCUT2D eigenvalue weighted by atomic mass is 10.1. The number of amides is 1. The lowest BCUT2D eigenvalue weighted by Crippen LogP contribution is -2.55. The van der Waals surface area contributed by atoms with Crippen LogP contribution in [0.1, 0.15) is 5.69 Å². The van der Waals surface area contributed by atoms with Crippen LogP contribution in [0, 0.1) is 0 Å². The monoisotopic (exact) mass is 301 g/mol. The molecular formula is C9H8F5N3O3. The summed E-state index contributed by atoms with van der Waals surface area (Å²) in [7, 11) is 0. The van der Waals surface area contributed by atoms with Crippen molar-refractivity contribution in [3.05, 3.63) is 18.2 Å². The highest BCUT2D eigenvalue weighted by molar-refractivity contribution is 5.88. The number of hydrogen-bond donors (Lipinski definition) is 3. The number of rotatable bonds is 5. The van der Waals surface area contributed by atoms with Gasteiger partial charge in [0.2, 0.25) is 0 Å². The van der Waals surface area contributed by atoms with Crippen molar-refractivity contribution in [2.45, 2.75) is 24.6 Å². The maximum absolute atomic E-state index is 12.7. The summed E-state index contributed by atoms with van der Waals surface area (Å²) in [6.45, 7) is 0. The minimum absolute atomic E-state index is 0.146. The Labute approximate surface area is 108 Å². The van der Waals surface area contributed by atoms with Crippen LogP contribution in [0.3, 0.4) is 0 Å². The molecule has 20 heavy (non-hydrogen) atoms. The van der Waals surface area contributed by atoms with Crippen molar-refractivity contribution >= 4 is 11.9 Å². The van der Waals surface area contributed by atoms with E-state index in [4.69, 9.17) is 5.11 Å². The number of nitrogens with zero attached hydrogens (tertiary/aromatic N) is 1. The molecule has 6 nitrogen and oxygen atoms in total. The molecule has 3 N–H and O–H groups in total. The maximum Gasteiger partial charge on any atom is 0.463 e. The van der Waals surface area contributed by atoms with Gasteiger partial charge in [0.1, 0.15) is 6.04 Å². The fourth-order valence-corrected chi connectivity index (χ4v) is 1.19. The van der Waals surface area contributed by atoms with Gasteiger partial charge in [0.05, 0.1) is 6.33 Å². The number of imidazole rings is 1. The Morgan fingerprint density at radius 2 is 1.95 bits per heavy atom. The largest absolute Gasteiger partial charge is 0.480 e. The Hall–Kier alpha value is -2.20. The van der Waals surface area contributed by atoms with E-state index in [2.05, 4.69) is 9.97 Å². The van der Waals surface area contributed by atoms with Crippen LogP contribution in [0.25, 0.3) is 0 Å². The average molecular weight is 301 g/mol. The number of halogens is 5. The van der Waals surface area contributed by atoms with Gasteiger partial charge in [-0.15, -0.1) is 0 Å². The van der Waals surface area contributed by atoms with E-state index in [9.17, 15) is 31.5 Å². The zero-order valence-electron chi connectivity index (χ0n) is 9.54. The molecule has 0 radical (unpaired) electrons. The van der Waals surface area contributed by atoms with Crippen LogP contribution in [0.4, 0.5) is 22.0 Å². The zero-order valence-corrected chi connectivity index (χ0v) is 9.54. The summed E-state index contributed by atoms with van der Waals surface area (Å²) in [6, 6.07) is -1.95. The molecule has 1 unspecified atom stereocenters. The number of nitrogens with one attached hydrogen (secondary N) is 2. The molecule has 0 saturated carbocycles. The Balaban J connectivity index is 2.81. The SMILES string of the molecule is O=C(O)C(Cc1cnc[nH]1)NC(=O)C(F)(F)C(F)(F)F. The van der Waals surface area contributed by atoms with Gasteiger partial charge >= 0.3 is 24.0 Å². The summed E-state index contributed by atoms with van der Waals surface area (Å²) < 4.78 is 61.2. The third-order valence-corrected chi connectivity index (χ3v) is 2.22. The molecule has 112 valence electrons. The smallest absolute Gasteiger partial charge is 0.463 e. The summed E-state index contributed by atoms with van der Waals surface area (Å²) in [5, 5.41) is 9.86. The number of aromatic nitrogens is 2. The number of carbonyl (C=O) groups is 2. The molecule has 1 atom stereocenters. The number of aromatic amines is 1. The summed E-state index contributed by atoms with van der Waals surface area (Å²) in [5.41, 5.74) is 0.146. The molecule has 0 aliphatic heterocycles. The molecule has 1 heterocycles. The number of hydrogen-bond acceptors (Lipinski definition) is 3. The Morgan fingerprint density at radius 3 is 2.35 bits per heavy atom. The second-order valence-electron chi connectivity index (χ2n) is 3.72. The molecule has 1 rings (SSSR count). The molecule has 1 amide bonds. The normalized spacial score (nSPS) is 13.8. The summed E-state index contributed by atoms with van der Waals surface area (Å²) in [5.74, 6) is -10.2. The first-order chi connectivity index (χ1) is 9.05. The van der Waals surface area contributed by atoms with E-state index in [1.807, 2.05) is 0 Å². The predicted molar refractivity (Wildman–Crippen MR) is 52.9 cm³/mol. The highest BCUT2D eigenvalue weighted by Crippen LogP contribution is 2.35. The van der Waals surface area contributed by atoms with E-state index in [0.717, 1.165) is 17.8 Å². The molecule has 11 heteroatoms. The predicted octanol–water partition coefficient (Wildman–Crippen LogP) is 0.719. The minimum atomic E-state index is -6.10. The van der Waals surface area contributed by atoms with Crippen molar-refractivity contribution in [3.8, 4) is 0 Å². The number of carboxylic acid groups (broad SMARTS) is 1. The van der Waals surface area contributed by atoms with Crippen LogP contribution in [0.5, 0.6) is 0 Å². The van der Waals surface area contributed by atoms with Crippen LogP contribution in [-0.2, 0) is 16.0 Å². The molecule has 1 aromatic heterocycles. The van der Waals surface area contributed by atoms with E-state index in [-0.39, 0.29) is 5.69 Å². The van der Waals surface area contributed by atoms with Gasteiger partial charge in [-0.25, -0.2) is 9.78 Å². The molecule has 0 aromatic carbocycles. The van der Waals surface area contributed by atoms with Gasteiger partial charge in [0.25, 0.3) is 0 Å². The van der Waals surface area contributed by atoms with Crippen LogP contribution in [-0.4, -0.2) is 45.1 Å². The highest BCUT2D eigenvalue weighted by atomic mass is 19.4. The number of carbonyl (C=O) groups excluding carboxylic acids is 1. The van der Waals surface area contributed by atoms with Gasteiger partial charge in [-0.05, 0) is 0 Å². The van der Waals surface area contributed by atoms with Gasteiger partial charge in [-0.1, -0.05) is 0 Å². The molecule has 1 aromatic rings. The van der Waals surface area contributed by atoms with Gasteiger partial charge in [-0.2, -0.15) is 22.0 Å².